The van der Waals surface area contributed by atoms with Crippen LogP contribution in [0.1, 0.15) is 40.0 Å². The van der Waals surface area contributed by atoms with Crippen LogP contribution in [0.2, 0.25) is 0 Å². The fourth-order valence-electron chi connectivity index (χ4n) is 0.906. The van der Waals surface area contributed by atoms with Gasteiger partial charge in [0.2, 0.25) is 5.92 Å². The van der Waals surface area contributed by atoms with Gasteiger partial charge in [0.05, 0.1) is 0 Å². The van der Waals surface area contributed by atoms with Crippen LogP contribution in [-0.4, -0.2) is 35.2 Å². The molecule has 8 heteroatoms. The van der Waals surface area contributed by atoms with Gasteiger partial charge in [0, 0.05) is 12.8 Å². The molecule has 0 heterocycles. The van der Waals surface area contributed by atoms with Gasteiger partial charge in [-0.1, -0.05) is 0 Å². The van der Waals surface area contributed by atoms with Crippen molar-refractivity contribution >= 4 is 12.1 Å². The Morgan fingerprint density at radius 1 is 1.30 bits per heavy atom. The first-order valence-corrected chi connectivity index (χ1v) is 5.58. The van der Waals surface area contributed by atoms with E-state index in [4.69, 9.17) is 9.84 Å². The van der Waals surface area contributed by atoms with Gasteiger partial charge in [-0.3, -0.25) is 4.79 Å². The van der Waals surface area contributed by atoms with Gasteiger partial charge < -0.3 is 22.6 Å². The predicted octanol–water partition coefficient (Wildman–Crippen LogP) is -0.144. The largest absolute Gasteiger partial charge is 1.00 e. The Morgan fingerprint density at radius 3 is 1.90 bits per heavy atom. The molecule has 0 aliphatic heterocycles. The fraction of sp³-hybridized carbons (Fsp3) is 0.750. The summed E-state index contributed by atoms with van der Waals surface area (Å²) in [5.41, 5.74) is -0.595. The van der Waals surface area contributed by atoms with E-state index in [0.29, 0.717) is 6.42 Å². The molecule has 1 aliphatic carbocycles. The third-order valence-electron chi connectivity index (χ3n) is 1.87. The van der Waals surface area contributed by atoms with Gasteiger partial charge in [-0.2, -0.15) is 0 Å². The molecule has 0 saturated heterocycles. The smallest absolute Gasteiger partial charge is 0.480 e. The molecule has 1 amide bonds. The molecule has 0 radical (unpaired) electrons. The summed E-state index contributed by atoms with van der Waals surface area (Å²) in [6, 6.07) is 0. The number of carbonyl (C=O) groups excluding carboxylic acids is 1. The van der Waals surface area contributed by atoms with Gasteiger partial charge in [0.15, 0.2) is 0 Å². The molecule has 20 heavy (non-hydrogen) atoms. The van der Waals surface area contributed by atoms with Crippen molar-refractivity contribution in [2.24, 2.45) is 0 Å². The van der Waals surface area contributed by atoms with Crippen molar-refractivity contribution in [2.75, 3.05) is 6.54 Å². The van der Waals surface area contributed by atoms with Gasteiger partial charge in [0.25, 0.3) is 0 Å². The van der Waals surface area contributed by atoms with Crippen LogP contribution in [0, 0.1) is 7.43 Å². The van der Waals surface area contributed by atoms with Crippen LogP contribution in [0.15, 0.2) is 0 Å². The maximum absolute atomic E-state index is 11.5. The molecular formula is C12H22CsF2NO4. The Labute approximate surface area is 177 Å². The molecule has 0 spiro atoms. The predicted molar refractivity (Wildman–Crippen MR) is 67.1 cm³/mol. The SMILES string of the molecule is CC(C)(C)OC(=O)NCC(=O)O.FC1(F)CCC1.[CH3-].[Cs+]. The van der Waals surface area contributed by atoms with Crippen LogP contribution in [0.4, 0.5) is 13.6 Å². The molecule has 0 atom stereocenters. The fourth-order valence-corrected chi connectivity index (χ4v) is 0.906. The molecule has 1 rings (SSSR count). The minimum absolute atomic E-state index is 0. The number of alkyl halides is 2. The first-order chi connectivity index (χ1) is 8.02. The van der Waals surface area contributed by atoms with Crippen LogP contribution >= 0.6 is 0 Å². The number of carboxylic acids is 1. The topological polar surface area (TPSA) is 75.6 Å². The van der Waals surface area contributed by atoms with Gasteiger partial charge in [-0.15, -0.1) is 0 Å². The molecule has 1 saturated carbocycles. The Bertz CT molecular complexity index is 300. The average Bonchev–Trinajstić information content (AvgIpc) is 2.11. The molecule has 0 bridgehead atoms. The number of carbonyl (C=O) groups is 2. The third kappa shape index (κ3) is 16.7. The van der Waals surface area contributed by atoms with Crippen LogP contribution in [-0.2, 0) is 9.53 Å². The zero-order valence-corrected chi connectivity index (χ0v) is 19.0. The van der Waals surface area contributed by atoms with Crippen molar-refractivity contribution in [3.63, 3.8) is 0 Å². The van der Waals surface area contributed by atoms with E-state index < -0.39 is 30.1 Å². The molecule has 2 N–H and O–H groups in total. The standard InChI is InChI=1S/C7H13NO4.C4H6F2.CH3.Cs/c1-7(2,3)12-6(11)8-4-5(9)10;5-4(6)2-1-3-4;;/h4H2,1-3H3,(H,8,11)(H,9,10);1-3H2;1H3;/q;;-1;+1. The maximum atomic E-state index is 11.5. The number of hydrogen-bond acceptors (Lipinski definition) is 3. The quantitative estimate of drug-likeness (QED) is 0.616. The second kappa shape index (κ2) is 11.2. The first-order valence-electron chi connectivity index (χ1n) is 5.58. The van der Waals surface area contributed by atoms with Gasteiger partial charge >= 0.3 is 81.0 Å². The molecule has 114 valence electrons. The number of alkyl carbamates (subject to hydrolysis) is 1. The van der Waals surface area contributed by atoms with E-state index in [1.807, 2.05) is 0 Å². The number of nitrogens with one attached hydrogen (secondary N) is 1. The summed E-state index contributed by atoms with van der Waals surface area (Å²) < 4.78 is 27.9. The number of carboxylic acid groups (broad SMARTS) is 1. The van der Waals surface area contributed by atoms with Crippen molar-refractivity contribution in [1.82, 2.24) is 5.32 Å². The molecule has 5 nitrogen and oxygen atoms in total. The number of amides is 1. The van der Waals surface area contributed by atoms with Crippen LogP contribution < -0.4 is 74.2 Å². The molecule has 0 unspecified atom stereocenters. The van der Waals surface area contributed by atoms with Crippen LogP contribution in [0.25, 0.3) is 0 Å². The van der Waals surface area contributed by atoms with Gasteiger partial charge in [0.1, 0.15) is 12.1 Å². The number of hydrogen-bond donors (Lipinski definition) is 2. The summed E-state index contributed by atoms with van der Waals surface area (Å²) in [5.74, 6) is -3.37. The van der Waals surface area contributed by atoms with Crippen LogP contribution in [0.5, 0.6) is 0 Å². The molecule has 0 aromatic heterocycles. The maximum Gasteiger partial charge on any atom is 1.00 e. The van der Waals surface area contributed by atoms with Crippen molar-refractivity contribution in [1.29, 1.82) is 0 Å². The summed E-state index contributed by atoms with van der Waals surface area (Å²) in [6.45, 7) is 4.68. The second-order valence-electron chi connectivity index (χ2n) is 4.96. The van der Waals surface area contributed by atoms with E-state index in [2.05, 4.69) is 5.32 Å². The Morgan fingerprint density at radius 2 is 1.70 bits per heavy atom. The van der Waals surface area contributed by atoms with Crippen molar-refractivity contribution in [3.05, 3.63) is 7.43 Å². The third-order valence-corrected chi connectivity index (χ3v) is 1.87. The molecule has 1 aliphatic rings. The summed E-state index contributed by atoms with van der Waals surface area (Å²) in [5, 5.41) is 10.3. The van der Waals surface area contributed by atoms with Gasteiger partial charge in [-0.05, 0) is 27.2 Å². The molecule has 0 aromatic rings. The second-order valence-corrected chi connectivity index (χ2v) is 4.96. The Hall–Kier alpha value is 0.652. The number of rotatable bonds is 2. The minimum Gasteiger partial charge on any atom is -0.480 e. The van der Waals surface area contributed by atoms with E-state index in [9.17, 15) is 18.4 Å². The van der Waals surface area contributed by atoms with Gasteiger partial charge in [-0.25, -0.2) is 13.6 Å². The number of aliphatic carboxylic acids is 1. The van der Waals surface area contributed by atoms with E-state index >= 15 is 0 Å². The summed E-state index contributed by atoms with van der Waals surface area (Å²) in [7, 11) is 0. The summed E-state index contributed by atoms with van der Waals surface area (Å²) in [4.78, 5) is 20.8. The first kappa shape index (κ1) is 25.6. The van der Waals surface area contributed by atoms with Crippen LogP contribution in [0.3, 0.4) is 0 Å². The zero-order chi connectivity index (χ0) is 14.4. The Balaban J connectivity index is -0.000000307. The minimum atomic E-state index is -2.28. The van der Waals surface area contributed by atoms with E-state index in [0.717, 1.165) is 0 Å². The van der Waals surface area contributed by atoms with E-state index in [1.165, 1.54) is 0 Å². The monoisotopic (exact) mass is 415 g/mol. The Kier molecular flexibility index (Phi) is 14.4. The van der Waals surface area contributed by atoms with Crippen molar-refractivity contribution in [3.8, 4) is 0 Å². The number of halogens is 2. The van der Waals surface area contributed by atoms with E-state index in [-0.39, 0.29) is 89.2 Å². The molecule has 0 aromatic carbocycles. The van der Waals surface area contributed by atoms with Crippen molar-refractivity contribution in [2.45, 2.75) is 51.6 Å². The summed E-state index contributed by atoms with van der Waals surface area (Å²) >= 11 is 0. The average molecular weight is 415 g/mol. The van der Waals surface area contributed by atoms with Crippen molar-refractivity contribution < 1.29 is 97.1 Å². The summed E-state index contributed by atoms with van der Waals surface area (Å²) in [6.07, 6.45) is 0.234. The number of ether oxygens (including phenoxy) is 1. The zero-order valence-electron chi connectivity index (χ0n) is 12.8. The molecule has 1 fully saturated rings. The van der Waals surface area contributed by atoms with E-state index in [1.54, 1.807) is 20.8 Å². The molecular weight excluding hydrogens is 393 g/mol. The normalized spacial score (nSPS) is 15.1.